The largest absolute Gasteiger partial charge is 0.364 e. The number of nitrogens with one attached hydrogen (secondary N) is 3. The predicted octanol–water partition coefficient (Wildman–Crippen LogP) is 1.61. The van der Waals surface area contributed by atoms with E-state index in [4.69, 9.17) is 0 Å². The first kappa shape index (κ1) is 18.6. The third kappa shape index (κ3) is 3.53. The molecule has 2 aromatic heterocycles. The lowest BCUT2D eigenvalue weighted by molar-refractivity contribution is -0.118. The van der Waals surface area contributed by atoms with Crippen molar-refractivity contribution in [1.29, 1.82) is 0 Å². The lowest BCUT2D eigenvalue weighted by Crippen LogP contribution is -2.53. The van der Waals surface area contributed by atoms with Crippen LogP contribution in [-0.2, 0) is 4.79 Å². The maximum atomic E-state index is 13.0. The highest BCUT2D eigenvalue weighted by Gasteiger charge is 2.36. The first-order valence-corrected chi connectivity index (χ1v) is 8.75. The summed E-state index contributed by atoms with van der Waals surface area (Å²) in [6.45, 7) is 7.22. The Morgan fingerprint density at radius 3 is 2.67 bits per heavy atom. The van der Waals surface area contributed by atoms with Crippen molar-refractivity contribution in [3.63, 3.8) is 0 Å². The van der Waals surface area contributed by atoms with Gasteiger partial charge in [-0.3, -0.25) is 34.6 Å². The summed E-state index contributed by atoms with van der Waals surface area (Å²) >= 11 is 0. The van der Waals surface area contributed by atoms with E-state index in [1.807, 2.05) is 13.8 Å². The van der Waals surface area contributed by atoms with Crippen LogP contribution < -0.4 is 21.1 Å². The van der Waals surface area contributed by atoms with E-state index in [1.165, 1.54) is 11.1 Å². The van der Waals surface area contributed by atoms with Gasteiger partial charge in [-0.25, -0.2) is 0 Å². The van der Waals surface area contributed by atoms with E-state index < -0.39 is 5.56 Å². The fraction of sp³-hybridized carbons (Fsp3) is 0.389. The summed E-state index contributed by atoms with van der Waals surface area (Å²) in [5, 5.41) is 5.71. The maximum Gasteiger partial charge on any atom is 0.278 e. The van der Waals surface area contributed by atoms with Crippen LogP contribution in [-0.4, -0.2) is 38.8 Å². The molecule has 27 heavy (non-hydrogen) atoms. The smallest absolute Gasteiger partial charge is 0.278 e. The Morgan fingerprint density at radius 1 is 1.30 bits per heavy atom. The second kappa shape index (κ2) is 7.18. The van der Waals surface area contributed by atoms with Gasteiger partial charge >= 0.3 is 0 Å². The molecule has 0 unspecified atom stereocenters. The van der Waals surface area contributed by atoms with Crippen molar-refractivity contribution in [3.8, 4) is 0 Å². The third-order valence-corrected chi connectivity index (χ3v) is 4.52. The molecule has 142 valence electrons. The fourth-order valence-electron chi connectivity index (χ4n) is 2.79. The molecule has 0 saturated carbocycles. The molecular weight excluding hydrogens is 348 g/mol. The molecule has 2 amide bonds. The molecule has 0 bridgehead atoms. The average Bonchev–Trinajstić information content (AvgIpc) is 2.63. The molecule has 0 saturated heterocycles. The van der Waals surface area contributed by atoms with Gasteiger partial charge < -0.3 is 5.32 Å². The molecule has 2 atom stereocenters. The number of anilines is 3. The normalized spacial score (nSPS) is 18.6. The van der Waals surface area contributed by atoms with Crippen LogP contribution in [0.1, 0.15) is 38.1 Å². The number of rotatable bonds is 3. The number of hydrogen-bond donors (Lipinski definition) is 3. The van der Waals surface area contributed by atoms with Crippen molar-refractivity contribution < 1.29 is 9.59 Å². The molecule has 0 aliphatic carbocycles. The molecule has 0 fully saturated rings. The Morgan fingerprint density at radius 2 is 2.04 bits per heavy atom. The van der Waals surface area contributed by atoms with Gasteiger partial charge in [-0.2, -0.15) is 4.98 Å². The summed E-state index contributed by atoms with van der Waals surface area (Å²) in [6, 6.07) is 2.87. The van der Waals surface area contributed by atoms with Crippen LogP contribution in [0.2, 0.25) is 0 Å². The van der Waals surface area contributed by atoms with Crippen molar-refractivity contribution in [2.75, 3.05) is 15.5 Å². The molecule has 9 nitrogen and oxygen atoms in total. The van der Waals surface area contributed by atoms with E-state index in [1.54, 1.807) is 32.2 Å². The minimum absolute atomic E-state index is 0.0421. The van der Waals surface area contributed by atoms with E-state index in [-0.39, 0.29) is 47.3 Å². The number of pyridine rings is 1. The van der Waals surface area contributed by atoms with Crippen molar-refractivity contribution >= 4 is 29.3 Å². The van der Waals surface area contributed by atoms with Crippen molar-refractivity contribution in [3.05, 3.63) is 40.4 Å². The zero-order chi connectivity index (χ0) is 19.7. The predicted molar refractivity (Wildman–Crippen MR) is 102 cm³/mol. The minimum Gasteiger partial charge on any atom is -0.364 e. The lowest BCUT2D eigenvalue weighted by atomic mass is 10.0. The number of amides is 2. The Bertz CT molecular complexity index is 924. The summed E-state index contributed by atoms with van der Waals surface area (Å²) in [6.07, 6.45) is 3.03. The number of nitrogens with zero attached hydrogens (tertiary/aromatic N) is 3. The molecule has 0 aromatic carbocycles. The molecule has 2 aromatic rings. The van der Waals surface area contributed by atoms with E-state index in [9.17, 15) is 14.4 Å². The van der Waals surface area contributed by atoms with Gasteiger partial charge in [-0.15, -0.1) is 0 Å². The molecular formula is C18H22N6O3. The van der Waals surface area contributed by atoms with Gasteiger partial charge in [0.2, 0.25) is 11.9 Å². The third-order valence-electron chi connectivity index (χ3n) is 4.52. The van der Waals surface area contributed by atoms with E-state index >= 15 is 0 Å². The van der Waals surface area contributed by atoms with Crippen LogP contribution in [0, 0.1) is 5.92 Å². The average molecular weight is 370 g/mol. The Hall–Kier alpha value is -3.23. The standard InChI is InChI=1S/C18H22N6O3/c1-9(2)15(25)22-18-21-14-13(16(26)23-18)24(11(4)10(3)20-14)17(27)12-6-5-7-19-8-12/h5-11H,1-4H3,(H3,20,21,22,23,25,26)/t10-,11-/m1/s1. The van der Waals surface area contributed by atoms with E-state index in [0.717, 1.165) is 0 Å². The van der Waals surface area contributed by atoms with E-state index in [2.05, 4.69) is 25.6 Å². The van der Waals surface area contributed by atoms with Crippen LogP contribution in [0.4, 0.5) is 17.5 Å². The van der Waals surface area contributed by atoms with Crippen LogP contribution in [0.5, 0.6) is 0 Å². The number of aromatic nitrogens is 3. The summed E-state index contributed by atoms with van der Waals surface area (Å²) in [4.78, 5) is 49.9. The van der Waals surface area contributed by atoms with Gasteiger partial charge in [-0.1, -0.05) is 13.8 Å². The highest BCUT2D eigenvalue weighted by atomic mass is 16.2. The number of aromatic amines is 1. The zero-order valence-electron chi connectivity index (χ0n) is 15.6. The number of carbonyl (C=O) groups is 2. The summed E-state index contributed by atoms with van der Waals surface area (Å²) < 4.78 is 0. The topological polar surface area (TPSA) is 120 Å². The summed E-state index contributed by atoms with van der Waals surface area (Å²) in [5.41, 5.74) is -0.0134. The first-order chi connectivity index (χ1) is 12.8. The van der Waals surface area contributed by atoms with Gasteiger partial charge in [0, 0.05) is 24.4 Å². The Kier molecular flexibility index (Phi) is 4.93. The van der Waals surface area contributed by atoms with Crippen LogP contribution in [0.25, 0.3) is 0 Å². The van der Waals surface area contributed by atoms with Crippen LogP contribution in [0.3, 0.4) is 0 Å². The van der Waals surface area contributed by atoms with Gasteiger partial charge in [0.25, 0.3) is 11.5 Å². The van der Waals surface area contributed by atoms with Crippen LogP contribution >= 0.6 is 0 Å². The number of carbonyl (C=O) groups excluding carboxylic acids is 2. The minimum atomic E-state index is -0.512. The summed E-state index contributed by atoms with van der Waals surface area (Å²) in [5.74, 6) is -0.571. The molecule has 0 spiro atoms. The first-order valence-electron chi connectivity index (χ1n) is 8.75. The highest BCUT2D eigenvalue weighted by molar-refractivity contribution is 6.08. The molecule has 3 heterocycles. The molecule has 1 aliphatic heterocycles. The molecule has 0 radical (unpaired) electrons. The van der Waals surface area contributed by atoms with Crippen molar-refractivity contribution in [2.24, 2.45) is 5.92 Å². The van der Waals surface area contributed by atoms with Crippen LogP contribution in [0.15, 0.2) is 29.3 Å². The Labute approximate surface area is 156 Å². The van der Waals surface area contributed by atoms with E-state index in [0.29, 0.717) is 5.56 Å². The maximum absolute atomic E-state index is 13.0. The number of H-pyrrole nitrogens is 1. The van der Waals surface area contributed by atoms with Crippen molar-refractivity contribution in [2.45, 2.75) is 39.8 Å². The second-order valence-electron chi connectivity index (χ2n) is 6.85. The summed E-state index contributed by atoms with van der Waals surface area (Å²) in [7, 11) is 0. The molecule has 3 rings (SSSR count). The number of hydrogen-bond acceptors (Lipinski definition) is 6. The van der Waals surface area contributed by atoms with Gasteiger partial charge in [0.05, 0.1) is 11.6 Å². The number of fused-ring (bicyclic) bond motifs is 1. The second-order valence-corrected chi connectivity index (χ2v) is 6.85. The van der Waals surface area contributed by atoms with Crippen molar-refractivity contribution in [1.82, 2.24) is 15.0 Å². The zero-order valence-corrected chi connectivity index (χ0v) is 15.6. The quantitative estimate of drug-likeness (QED) is 0.755. The SMILES string of the molecule is CC(C)C(=O)Nc1nc2c(c(=O)[nH]1)N(C(=O)c1cccnc1)[C@H](C)[C@@H](C)N2. The lowest BCUT2D eigenvalue weighted by Gasteiger charge is -2.38. The van der Waals surface area contributed by atoms with Gasteiger partial charge in [-0.05, 0) is 26.0 Å². The molecule has 1 aliphatic rings. The monoisotopic (exact) mass is 370 g/mol. The molecule has 3 N–H and O–H groups in total. The Balaban J connectivity index is 2.05. The van der Waals surface area contributed by atoms with Gasteiger partial charge in [0.15, 0.2) is 11.5 Å². The highest BCUT2D eigenvalue weighted by Crippen LogP contribution is 2.31. The molecule has 9 heteroatoms. The fourth-order valence-corrected chi connectivity index (χ4v) is 2.79. The van der Waals surface area contributed by atoms with Gasteiger partial charge in [0.1, 0.15) is 0 Å².